The fraction of sp³-hybridized carbons (Fsp3) is 0.643. The molecule has 0 aromatic carbocycles. The Morgan fingerprint density at radius 2 is 2.17 bits per heavy atom. The number of carbonyl (C=O) groups is 1. The fourth-order valence-corrected chi connectivity index (χ4v) is 3.71. The Hall–Kier alpha value is -0.870. The van der Waals surface area contributed by atoms with Gasteiger partial charge < -0.3 is 10.6 Å². The van der Waals surface area contributed by atoms with Crippen LogP contribution in [0.15, 0.2) is 6.07 Å². The minimum atomic E-state index is 0.154. The van der Waals surface area contributed by atoms with E-state index >= 15 is 0 Å². The average Bonchev–Trinajstić information content (AvgIpc) is 2.66. The maximum atomic E-state index is 12.4. The second-order valence-electron chi connectivity index (χ2n) is 4.79. The predicted molar refractivity (Wildman–Crippen MR) is 76.2 cm³/mol. The molecule has 1 heterocycles. The molecule has 0 fully saturated rings. The zero-order valence-electron chi connectivity index (χ0n) is 11.1. The number of fused-ring (bicyclic) bond motifs is 1. The van der Waals surface area contributed by atoms with Crippen LogP contribution >= 0.6 is 11.3 Å². The van der Waals surface area contributed by atoms with Crippen molar-refractivity contribution in [3.8, 4) is 0 Å². The summed E-state index contributed by atoms with van der Waals surface area (Å²) < 4.78 is 0. The Bertz CT molecular complexity index is 390. The van der Waals surface area contributed by atoms with Crippen LogP contribution in [-0.2, 0) is 12.8 Å². The Balaban J connectivity index is 2.15. The minimum Gasteiger partial charge on any atom is -0.337 e. The van der Waals surface area contributed by atoms with Crippen molar-refractivity contribution < 1.29 is 4.79 Å². The van der Waals surface area contributed by atoms with Crippen LogP contribution in [0.1, 0.15) is 46.3 Å². The molecule has 1 amide bonds. The first-order valence-corrected chi connectivity index (χ1v) is 7.68. The monoisotopic (exact) mass is 266 g/mol. The van der Waals surface area contributed by atoms with E-state index in [4.69, 9.17) is 5.73 Å². The summed E-state index contributed by atoms with van der Waals surface area (Å²) in [5.41, 5.74) is 6.96. The normalized spacial score (nSPS) is 15.0. The standard InChI is InChI=1S/C14H22N2OS/c1-2-16(9-8-15)14(17)13-10-11-6-4-3-5-7-12(11)18-13/h10H,2-9,15H2,1H3. The molecule has 0 unspecified atom stereocenters. The zero-order valence-corrected chi connectivity index (χ0v) is 11.9. The van der Waals surface area contributed by atoms with Gasteiger partial charge >= 0.3 is 0 Å². The summed E-state index contributed by atoms with van der Waals surface area (Å²) >= 11 is 1.69. The summed E-state index contributed by atoms with van der Waals surface area (Å²) in [4.78, 5) is 16.5. The predicted octanol–water partition coefficient (Wildman–Crippen LogP) is 2.44. The summed E-state index contributed by atoms with van der Waals surface area (Å²) in [5.74, 6) is 0.154. The van der Waals surface area contributed by atoms with Crippen molar-refractivity contribution in [3.63, 3.8) is 0 Å². The SMILES string of the molecule is CCN(CCN)C(=O)c1cc2c(s1)CCCCC2. The summed E-state index contributed by atoms with van der Waals surface area (Å²) in [6.45, 7) is 3.92. The van der Waals surface area contributed by atoms with Crippen LogP contribution in [0, 0.1) is 0 Å². The van der Waals surface area contributed by atoms with Gasteiger partial charge in [0, 0.05) is 24.5 Å². The van der Waals surface area contributed by atoms with Crippen molar-refractivity contribution in [2.24, 2.45) is 5.73 Å². The van der Waals surface area contributed by atoms with Crippen LogP contribution in [0.2, 0.25) is 0 Å². The van der Waals surface area contributed by atoms with Gasteiger partial charge in [-0.15, -0.1) is 11.3 Å². The van der Waals surface area contributed by atoms with Crippen molar-refractivity contribution in [2.45, 2.75) is 39.0 Å². The molecular formula is C14H22N2OS. The third-order valence-electron chi connectivity index (χ3n) is 3.53. The van der Waals surface area contributed by atoms with Gasteiger partial charge in [0.2, 0.25) is 0 Å². The van der Waals surface area contributed by atoms with Gasteiger partial charge in [0.1, 0.15) is 0 Å². The molecular weight excluding hydrogens is 244 g/mol. The van der Waals surface area contributed by atoms with E-state index in [1.165, 1.54) is 29.7 Å². The van der Waals surface area contributed by atoms with Crippen LogP contribution in [-0.4, -0.2) is 30.4 Å². The molecule has 1 aromatic heterocycles. The summed E-state index contributed by atoms with van der Waals surface area (Å²) in [7, 11) is 0. The first-order chi connectivity index (χ1) is 8.76. The number of hydrogen-bond acceptors (Lipinski definition) is 3. The number of likely N-dealkylation sites (N-methyl/N-ethyl adjacent to an activating group) is 1. The van der Waals surface area contributed by atoms with Crippen molar-refractivity contribution in [1.82, 2.24) is 4.90 Å². The van der Waals surface area contributed by atoms with Crippen molar-refractivity contribution in [3.05, 3.63) is 21.4 Å². The van der Waals surface area contributed by atoms with E-state index < -0.39 is 0 Å². The van der Waals surface area contributed by atoms with E-state index in [2.05, 4.69) is 6.07 Å². The topological polar surface area (TPSA) is 46.3 Å². The van der Waals surface area contributed by atoms with Crippen LogP contribution in [0.5, 0.6) is 0 Å². The van der Waals surface area contributed by atoms with Gasteiger partial charge in [0.25, 0.3) is 5.91 Å². The Morgan fingerprint density at radius 1 is 1.39 bits per heavy atom. The van der Waals surface area contributed by atoms with Crippen LogP contribution in [0.3, 0.4) is 0 Å². The van der Waals surface area contributed by atoms with Crippen LogP contribution in [0.4, 0.5) is 0 Å². The van der Waals surface area contributed by atoms with E-state index in [1.807, 2.05) is 11.8 Å². The average molecular weight is 266 g/mol. The summed E-state index contributed by atoms with van der Waals surface area (Å²) in [6, 6.07) is 2.12. The summed E-state index contributed by atoms with van der Waals surface area (Å²) in [6.07, 6.45) is 6.14. The molecule has 2 N–H and O–H groups in total. The molecule has 0 saturated heterocycles. The number of carbonyl (C=O) groups excluding carboxylic acids is 1. The maximum absolute atomic E-state index is 12.4. The molecule has 0 radical (unpaired) electrons. The molecule has 2 rings (SSSR count). The van der Waals surface area contributed by atoms with Gasteiger partial charge in [-0.25, -0.2) is 0 Å². The van der Waals surface area contributed by atoms with Gasteiger partial charge in [-0.3, -0.25) is 4.79 Å². The number of nitrogens with zero attached hydrogens (tertiary/aromatic N) is 1. The molecule has 0 atom stereocenters. The summed E-state index contributed by atoms with van der Waals surface area (Å²) in [5, 5.41) is 0. The highest BCUT2D eigenvalue weighted by molar-refractivity contribution is 7.14. The lowest BCUT2D eigenvalue weighted by Crippen LogP contribution is -2.34. The number of amides is 1. The van der Waals surface area contributed by atoms with Crippen molar-refractivity contribution >= 4 is 17.2 Å². The van der Waals surface area contributed by atoms with Gasteiger partial charge in [-0.05, 0) is 44.2 Å². The van der Waals surface area contributed by atoms with Crippen LogP contribution < -0.4 is 5.73 Å². The Morgan fingerprint density at radius 3 is 2.89 bits per heavy atom. The second-order valence-corrected chi connectivity index (χ2v) is 5.93. The number of rotatable bonds is 4. The third-order valence-corrected chi connectivity index (χ3v) is 4.75. The molecule has 0 bridgehead atoms. The highest BCUT2D eigenvalue weighted by Crippen LogP contribution is 2.29. The number of thiophene rings is 1. The molecule has 1 aliphatic rings. The van der Waals surface area contributed by atoms with Gasteiger partial charge in [-0.2, -0.15) is 0 Å². The molecule has 3 nitrogen and oxygen atoms in total. The van der Waals surface area contributed by atoms with Gasteiger partial charge in [-0.1, -0.05) is 6.42 Å². The maximum Gasteiger partial charge on any atom is 0.263 e. The quantitative estimate of drug-likeness (QED) is 0.851. The molecule has 0 aliphatic heterocycles. The first-order valence-electron chi connectivity index (χ1n) is 6.87. The minimum absolute atomic E-state index is 0.154. The van der Waals surface area contributed by atoms with E-state index in [1.54, 1.807) is 11.3 Å². The molecule has 4 heteroatoms. The lowest BCUT2D eigenvalue weighted by atomic mass is 10.1. The first kappa shape index (κ1) is 13.6. The highest BCUT2D eigenvalue weighted by Gasteiger charge is 2.19. The van der Waals surface area contributed by atoms with E-state index in [9.17, 15) is 4.79 Å². The van der Waals surface area contributed by atoms with E-state index in [0.717, 1.165) is 24.3 Å². The molecule has 1 aromatic rings. The van der Waals surface area contributed by atoms with Gasteiger partial charge in [0.05, 0.1) is 4.88 Å². The van der Waals surface area contributed by atoms with Crippen LogP contribution in [0.25, 0.3) is 0 Å². The Kier molecular flexibility index (Phi) is 4.78. The smallest absolute Gasteiger partial charge is 0.263 e. The van der Waals surface area contributed by atoms with Crippen molar-refractivity contribution in [2.75, 3.05) is 19.6 Å². The van der Waals surface area contributed by atoms with E-state index in [-0.39, 0.29) is 5.91 Å². The fourth-order valence-electron chi connectivity index (χ4n) is 2.49. The van der Waals surface area contributed by atoms with E-state index in [0.29, 0.717) is 13.1 Å². The largest absolute Gasteiger partial charge is 0.337 e. The third kappa shape index (κ3) is 2.93. The number of nitrogens with two attached hydrogens (primary N) is 1. The second kappa shape index (κ2) is 6.34. The molecule has 0 spiro atoms. The highest BCUT2D eigenvalue weighted by atomic mass is 32.1. The molecule has 0 saturated carbocycles. The Labute approximate surface area is 113 Å². The lowest BCUT2D eigenvalue weighted by molar-refractivity contribution is 0.0774. The number of aryl methyl sites for hydroxylation is 2. The van der Waals surface area contributed by atoms with Crippen molar-refractivity contribution in [1.29, 1.82) is 0 Å². The molecule has 1 aliphatic carbocycles. The molecule has 100 valence electrons. The number of hydrogen-bond donors (Lipinski definition) is 1. The lowest BCUT2D eigenvalue weighted by Gasteiger charge is -2.18. The van der Waals surface area contributed by atoms with Gasteiger partial charge in [0.15, 0.2) is 0 Å². The zero-order chi connectivity index (χ0) is 13.0. The molecule has 18 heavy (non-hydrogen) atoms.